The molecule has 0 spiro atoms. The predicted octanol–water partition coefficient (Wildman–Crippen LogP) is 5.98. The third kappa shape index (κ3) is 5.12. The molecule has 1 aliphatic rings. The molecular weight excluding hydrogens is 428 g/mol. The van der Waals surface area contributed by atoms with Gasteiger partial charge < -0.3 is 10.2 Å². The van der Waals surface area contributed by atoms with Gasteiger partial charge in [0.05, 0.1) is 5.75 Å². The molecule has 6 heteroatoms. The molecule has 0 aliphatic carbocycles. The second kappa shape index (κ2) is 9.16. The number of hydrogen-bond donors (Lipinski definition) is 1. The Balaban J connectivity index is 1.47. The molecule has 4 nitrogen and oxygen atoms in total. The average molecular weight is 451 g/mol. The Kier molecular flexibility index (Phi) is 6.35. The van der Waals surface area contributed by atoms with Gasteiger partial charge in [-0.1, -0.05) is 41.9 Å². The highest BCUT2D eigenvalue weighted by atomic mass is 35.5. The fourth-order valence-corrected chi connectivity index (χ4v) is 5.05. The van der Waals surface area contributed by atoms with Gasteiger partial charge in [-0.2, -0.15) is 0 Å². The van der Waals surface area contributed by atoms with Gasteiger partial charge in [0.2, 0.25) is 5.91 Å². The Hall–Kier alpha value is -2.76. The van der Waals surface area contributed by atoms with Crippen LogP contribution in [0, 0.1) is 13.8 Å². The molecule has 0 radical (unpaired) electrons. The molecule has 3 aromatic carbocycles. The number of halogens is 1. The summed E-state index contributed by atoms with van der Waals surface area (Å²) >= 11 is 7.57. The summed E-state index contributed by atoms with van der Waals surface area (Å²) in [7, 11) is 0. The van der Waals surface area contributed by atoms with Crippen molar-refractivity contribution in [1.29, 1.82) is 0 Å². The van der Waals surface area contributed by atoms with Crippen molar-refractivity contribution in [3.05, 3.63) is 99.6 Å². The van der Waals surface area contributed by atoms with Gasteiger partial charge in [-0.3, -0.25) is 9.59 Å². The summed E-state index contributed by atoms with van der Waals surface area (Å²) in [5, 5.41) is 3.57. The van der Waals surface area contributed by atoms with E-state index in [0.717, 1.165) is 27.9 Å². The lowest BCUT2D eigenvalue weighted by Crippen LogP contribution is -2.27. The Morgan fingerprint density at radius 3 is 2.32 bits per heavy atom. The van der Waals surface area contributed by atoms with E-state index in [-0.39, 0.29) is 17.2 Å². The standard InChI is InChI=1S/C25H23ClN2O2S/c1-16-11-17(2)13-22(12-16)27-24(30)19-5-7-20(8-6-19)25-28(23(29)15-31-25)14-18-3-9-21(26)10-4-18/h3-13,25H,14-15H2,1-2H3,(H,27,30)/t25-/m1/s1. The number of thioether (sulfide) groups is 1. The summed E-state index contributed by atoms with van der Waals surface area (Å²) in [5.41, 5.74) is 5.63. The number of carbonyl (C=O) groups is 2. The van der Waals surface area contributed by atoms with Crippen LogP contribution < -0.4 is 5.32 Å². The van der Waals surface area contributed by atoms with E-state index in [9.17, 15) is 9.59 Å². The first-order chi connectivity index (χ1) is 14.9. The molecule has 158 valence electrons. The van der Waals surface area contributed by atoms with Gasteiger partial charge >= 0.3 is 0 Å². The summed E-state index contributed by atoms with van der Waals surface area (Å²) in [6.45, 7) is 4.55. The lowest BCUT2D eigenvalue weighted by Gasteiger charge is -2.24. The summed E-state index contributed by atoms with van der Waals surface area (Å²) in [6, 6.07) is 21.0. The number of carbonyl (C=O) groups excluding carboxylic acids is 2. The Morgan fingerprint density at radius 1 is 1.03 bits per heavy atom. The average Bonchev–Trinajstić information content (AvgIpc) is 3.09. The van der Waals surface area contributed by atoms with Crippen molar-refractivity contribution < 1.29 is 9.59 Å². The fraction of sp³-hybridized carbons (Fsp3) is 0.200. The highest BCUT2D eigenvalue weighted by Gasteiger charge is 2.32. The van der Waals surface area contributed by atoms with Gasteiger partial charge in [0.25, 0.3) is 5.91 Å². The van der Waals surface area contributed by atoms with Crippen LogP contribution in [-0.4, -0.2) is 22.5 Å². The third-order valence-electron chi connectivity index (χ3n) is 5.17. The summed E-state index contributed by atoms with van der Waals surface area (Å²) < 4.78 is 0. The van der Waals surface area contributed by atoms with Crippen LogP contribution in [0.5, 0.6) is 0 Å². The largest absolute Gasteiger partial charge is 0.322 e. The molecule has 3 aromatic rings. The van der Waals surface area contributed by atoms with E-state index in [4.69, 9.17) is 11.6 Å². The summed E-state index contributed by atoms with van der Waals surface area (Å²) in [6.07, 6.45) is 0. The first kappa shape index (κ1) is 21.5. The van der Waals surface area contributed by atoms with Gasteiger partial charge in [-0.05, 0) is 72.5 Å². The van der Waals surface area contributed by atoms with Crippen LogP contribution in [0.25, 0.3) is 0 Å². The minimum Gasteiger partial charge on any atom is -0.322 e. The Bertz CT molecular complexity index is 1090. The molecule has 4 rings (SSSR count). The van der Waals surface area contributed by atoms with Gasteiger partial charge in [0, 0.05) is 22.8 Å². The molecule has 0 saturated carbocycles. The molecule has 0 unspecified atom stereocenters. The van der Waals surface area contributed by atoms with Crippen LogP contribution in [0.3, 0.4) is 0 Å². The molecule has 1 aliphatic heterocycles. The molecule has 1 fully saturated rings. The van der Waals surface area contributed by atoms with Crippen LogP contribution in [0.2, 0.25) is 5.02 Å². The monoisotopic (exact) mass is 450 g/mol. The Labute approximate surface area is 191 Å². The molecule has 2 amide bonds. The zero-order valence-electron chi connectivity index (χ0n) is 17.4. The number of amides is 2. The van der Waals surface area contributed by atoms with Crippen molar-refractivity contribution in [3.8, 4) is 0 Å². The number of rotatable bonds is 5. The van der Waals surface area contributed by atoms with Crippen molar-refractivity contribution in [3.63, 3.8) is 0 Å². The lowest BCUT2D eigenvalue weighted by atomic mass is 10.1. The van der Waals surface area contributed by atoms with Crippen molar-refractivity contribution in [2.75, 3.05) is 11.1 Å². The second-order valence-corrected chi connectivity index (χ2v) is 9.27. The molecular formula is C25H23ClN2O2S. The highest BCUT2D eigenvalue weighted by Crippen LogP contribution is 2.39. The van der Waals surface area contributed by atoms with Crippen molar-refractivity contribution in [1.82, 2.24) is 4.90 Å². The lowest BCUT2D eigenvalue weighted by molar-refractivity contribution is -0.128. The number of anilines is 1. The van der Waals surface area contributed by atoms with E-state index in [1.54, 1.807) is 11.8 Å². The number of nitrogens with zero attached hydrogens (tertiary/aromatic N) is 1. The SMILES string of the molecule is Cc1cc(C)cc(NC(=O)c2ccc([C@H]3SCC(=O)N3Cc3ccc(Cl)cc3)cc2)c1. The Morgan fingerprint density at radius 2 is 1.68 bits per heavy atom. The molecule has 0 aromatic heterocycles. The van der Waals surface area contributed by atoms with E-state index < -0.39 is 0 Å². The van der Waals surface area contributed by atoms with E-state index in [1.165, 1.54) is 0 Å². The van der Waals surface area contributed by atoms with Crippen LogP contribution >= 0.6 is 23.4 Å². The van der Waals surface area contributed by atoms with Crippen molar-refractivity contribution in [2.45, 2.75) is 25.8 Å². The number of aryl methyl sites for hydroxylation is 2. The van der Waals surface area contributed by atoms with Crippen LogP contribution in [-0.2, 0) is 11.3 Å². The first-order valence-corrected chi connectivity index (χ1v) is 11.5. The predicted molar refractivity (Wildman–Crippen MR) is 128 cm³/mol. The smallest absolute Gasteiger partial charge is 0.255 e. The minimum absolute atomic E-state index is 0.0697. The molecule has 0 bridgehead atoms. The van der Waals surface area contributed by atoms with Gasteiger partial charge in [0.15, 0.2) is 0 Å². The first-order valence-electron chi connectivity index (χ1n) is 10.0. The zero-order chi connectivity index (χ0) is 22.0. The van der Waals surface area contributed by atoms with Crippen LogP contribution in [0.1, 0.15) is 38.0 Å². The van der Waals surface area contributed by atoms with E-state index in [2.05, 4.69) is 11.4 Å². The van der Waals surface area contributed by atoms with E-state index >= 15 is 0 Å². The summed E-state index contributed by atoms with van der Waals surface area (Å²) in [4.78, 5) is 27.0. The number of benzene rings is 3. The number of hydrogen-bond acceptors (Lipinski definition) is 3. The second-order valence-electron chi connectivity index (χ2n) is 7.76. The third-order valence-corrected chi connectivity index (χ3v) is 6.68. The normalized spacial score (nSPS) is 15.9. The quantitative estimate of drug-likeness (QED) is 0.519. The highest BCUT2D eigenvalue weighted by molar-refractivity contribution is 8.00. The van der Waals surface area contributed by atoms with E-state index in [0.29, 0.717) is 22.9 Å². The van der Waals surface area contributed by atoms with Crippen molar-refractivity contribution in [2.24, 2.45) is 0 Å². The van der Waals surface area contributed by atoms with E-state index in [1.807, 2.05) is 79.4 Å². The maximum Gasteiger partial charge on any atom is 0.255 e. The maximum atomic E-state index is 12.7. The molecule has 1 N–H and O–H groups in total. The molecule has 1 saturated heterocycles. The van der Waals surface area contributed by atoms with Gasteiger partial charge in [0.1, 0.15) is 5.37 Å². The molecule has 1 heterocycles. The number of nitrogens with one attached hydrogen (secondary N) is 1. The zero-order valence-corrected chi connectivity index (χ0v) is 19.0. The van der Waals surface area contributed by atoms with Gasteiger partial charge in [-0.25, -0.2) is 0 Å². The van der Waals surface area contributed by atoms with Crippen LogP contribution in [0.15, 0.2) is 66.7 Å². The fourth-order valence-electron chi connectivity index (χ4n) is 3.74. The topological polar surface area (TPSA) is 49.4 Å². The van der Waals surface area contributed by atoms with Crippen LogP contribution in [0.4, 0.5) is 5.69 Å². The molecule has 1 atom stereocenters. The minimum atomic E-state index is -0.148. The van der Waals surface area contributed by atoms with Crippen molar-refractivity contribution >= 4 is 40.9 Å². The van der Waals surface area contributed by atoms with Gasteiger partial charge in [-0.15, -0.1) is 11.8 Å². The summed E-state index contributed by atoms with van der Waals surface area (Å²) in [5.74, 6) is 0.416. The molecule has 31 heavy (non-hydrogen) atoms. The maximum absolute atomic E-state index is 12.7.